The van der Waals surface area contributed by atoms with Crippen molar-refractivity contribution in [3.8, 4) is 11.1 Å². The Labute approximate surface area is 222 Å². The van der Waals surface area contributed by atoms with Crippen LogP contribution in [0.5, 0.6) is 0 Å². The van der Waals surface area contributed by atoms with E-state index in [1.807, 2.05) is 34.9 Å². The van der Waals surface area contributed by atoms with Crippen LogP contribution in [0.2, 0.25) is 0 Å². The molecule has 8 heteroatoms. The molecule has 8 nitrogen and oxygen atoms in total. The lowest BCUT2D eigenvalue weighted by Gasteiger charge is -2.30. The second-order valence-corrected chi connectivity index (χ2v) is 11.4. The van der Waals surface area contributed by atoms with Gasteiger partial charge in [0.2, 0.25) is 5.91 Å². The summed E-state index contributed by atoms with van der Waals surface area (Å²) in [5.74, 6) is -0.312. The van der Waals surface area contributed by atoms with Crippen LogP contribution in [0.25, 0.3) is 22.0 Å². The summed E-state index contributed by atoms with van der Waals surface area (Å²) in [5.41, 5.74) is 11.1. The molecule has 6 rings (SSSR count). The molecule has 38 heavy (non-hydrogen) atoms. The van der Waals surface area contributed by atoms with Gasteiger partial charge in [-0.15, -0.1) is 0 Å². The van der Waals surface area contributed by atoms with Crippen molar-refractivity contribution < 1.29 is 19.1 Å². The second kappa shape index (κ2) is 9.19. The summed E-state index contributed by atoms with van der Waals surface area (Å²) in [6.45, 7) is 0. The Bertz CT molecular complexity index is 1440. The molecule has 0 bridgehead atoms. The van der Waals surface area contributed by atoms with Crippen LogP contribution in [-0.4, -0.2) is 53.6 Å². The van der Waals surface area contributed by atoms with Crippen molar-refractivity contribution in [3.63, 3.8) is 0 Å². The Morgan fingerprint density at radius 1 is 1.05 bits per heavy atom. The number of nitrogens with zero attached hydrogens (tertiary/aromatic N) is 2. The first kappa shape index (κ1) is 24.5. The Morgan fingerprint density at radius 2 is 1.79 bits per heavy atom. The zero-order valence-corrected chi connectivity index (χ0v) is 22.0. The first-order valence-electron chi connectivity index (χ1n) is 13.5. The normalized spacial score (nSPS) is 21.7. The van der Waals surface area contributed by atoms with Crippen molar-refractivity contribution in [3.05, 3.63) is 53.7 Å². The van der Waals surface area contributed by atoms with Gasteiger partial charge in [0.1, 0.15) is 6.10 Å². The van der Waals surface area contributed by atoms with Gasteiger partial charge >= 0.3 is 6.09 Å². The van der Waals surface area contributed by atoms with Crippen molar-refractivity contribution in [2.75, 3.05) is 19.4 Å². The maximum Gasteiger partial charge on any atom is 0.409 e. The summed E-state index contributed by atoms with van der Waals surface area (Å²) in [7, 11) is 3.36. The number of para-hydroxylation sites is 1. The first-order chi connectivity index (χ1) is 18.2. The third kappa shape index (κ3) is 4.31. The minimum absolute atomic E-state index is 0.101. The topological polar surface area (TPSA) is 107 Å². The molecule has 3 aliphatic rings. The molecule has 0 atom stereocenters. The highest BCUT2D eigenvalue weighted by Gasteiger charge is 2.49. The van der Waals surface area contributed by atoms with Crippen LogP contribution >= 0.6 is 0 Å². The predicted molar refractivity (Wildman–Crippen MR) is 146 cm³/mol. The standard InChI is InChI=1S/C30H34N4O4/c1-33(2)29(37)38-20-10-8-19(9-11-20)32-23-15-18(7-12-21(23)28(31)36)27-22-5-3-4-6-24(22)34-25(27)16-30(13-14-30)17-26(34)35/h3-7,12,15,19-20,32H,8-11,13-14,16-17H2,1-2H3,(H2,31,36). The Hall–Kier alpha value is -3.81. The average molecular weight is 515 g/mol. The number of benzene rings is 2. The number of aromatic nitrogens is 1. The highest BCUT2D eigenvalue weighted by Crippen LogP contribution is 2.56. The fraction of sp³-hybridized carbons (Fsp3) is 0.433. The quantitative estimate of drug-likeness (QED) is 0.487. The van der Waals surface area contributed by atoms with E-state index in [4.69, 9.17) is 10.5 Å². The van der Waals surface area contributed by atoms with E-state index in [2.05, 4.69) is 11.4 Å². The number of fused-ring (bicyclic) bond motifs is 3. The zero-order chi connectivity index (χ0) is 26.6. The Balaban J connectivity index is 1.33. The van der Waals surface area contributed by atoms with Crippen molar-refractivity contribution in [2.24, 2.45) is 11.1 Å². The summed E-state index contributed by atoms with van der Waals surface area (Å²) >= 11 is 0. The number of nitrogens with two attached hydrogens (primary N) is 1. The van der Waals surface area contributed by atoms with E-state index in [0.717, 1.165) is 72.7 Å². The maximum atomic E-state index is 13.3. The van der Waals surface area contributed by atoms with Crippen LogP contribution in [0.3, 0.4) is 0 Å². The van der Waals surface area contributed by atoms with E-state index in [-0.39, 0.29) is 29.6 Å². The van der Waals surface area contributed by atoms with Gasteiger partial charge in [-0.05, 0) is 74.1 Å². The van der Waals surface area contributed by atoms with E-state index in [1.165, 1.54) is 4.90 Å². The van der Waals surface area contributed by atoms with E-state index in [9.17, 15) is 14.4 Å². The number of hydrogen-bond donors (Lipinski definition) is 2. The van der Waals surface area contributed by atoms with Gasteiger partial charge in [-0.3, -0.25) is 14.2 Å². The number of nitrogens with one attached hydrogen (secondary N) is 1. The lowest BCUT2D eigenvalue weighted by Crippen LogP contribution is -2.34. The van der Waals surface area contributed by atoms with Gasteiger partial charge in [0.25, 0.3) is 5.91 Å². The Morgan fingerprint density at radius 3 is 2.47 bits per heavy atom. The zero-order valence-electron chi connectivity index (χ0n) is 22.0. The molecule has 2 aromatic carbocycles. The van der Waals surface area contributed by atoms with Gasteiger partial charge < -0.3 is 20.7 Å². The lowest BCUT2D eigenvalue weighted by molar-refractivity contribution is 0.0541. The molecule has 0 unspecified atom stereocenters. The molecule has 2 heterocycles. The summed E-state index contributed by atoms with van der Waals surface area (Å²) in [6, 6.07) is 14.0. The molecule has 3 aromatic rings. The summed E-state index contributed by atoms with van der Waals surface area (Å²) in [5, 5.41) is 4.62. The van der Waals surface area contributed by atoms with Crippen molar-refractivity contribution >= 4 is 34.5 Å². The lowest BCUT2D eigenvalue weighted by atomic mass is 9.88. The Kier molecular flexibility index (Phi) is 5.93. The average Bonchev–Trinajstić information content (AvgIpc) is 3.54. The van der Waals surface area contributed by atoms with Gasteiger partial charge in [0, 0.05) is 48.9 Å². The summed E-state index contributed by atoms with van der Waals surface area (Å²) in [6.07, 6.45) is 6.41. The monoisotopic (exact) mass is 514 g/mol. The number of carbonyl (C=O) groups excluding carboxylic acids is 3. The molecule has 198 valence electrons. The van der Waals surface area contributed by atoms with Crippen molar-refractivity contribution in [1.29, 1.82) is 0 Å². The molecule has 0 radical (unpaired) electrons. The van der Waals surface area contributed by atoms with E-state index < -0.39 is 5.91 Å². The number of primary amides is 1. The summed E-state index contributed by atoms with van der Waals surface area (Å²) < 4.78 is 7.48. The fourth-order valence-corrected chi connectivity index (χ4v) is 6.24. The SMILES string of the molecule is CN(C)C(=O)OC1CCC(Nc2cc(-c3c4n(c5ccccc35)C(=O)CC3(CC3)C4)ccc2C(N)=O)CC1. The van der Waals surface area contributed by atoms with Crippen molar-refractivity contribution in [1.82, 2.24) is 9.47 Å². The van der Waals surface area contributed by atoms with Gasteiger partial charge in [-0.2, -0.15) is 0 Å². The van der Waals surface area contributed by atoms with Crippen LogP contribution in [0, 0.1) is 5.41 Å². The molecule has 1 aromatic heterocycles. The first-order valence-corrected chi connectivity index (χ1v) is 13.5. The smallest absolute Gasteiger partial charge is 0.409 e. The van der Waals surface area contributed by atoms with Crippen LogP contribution in [0.1, 0.15) is 65.8 Å². The van der Waals surface area contributed by atoms with Crippen LogP contribution in [-0.2, 0) is 11.2 Å². The molecule has 2 amide bonds. The minimum Gasteiger partial charge on any atom is -0.446 e. The molecular weight excluding hydrogens is 480 g/mol. The summed E-state index contributed by atoms with van der Waals surface area (Å²) in [4.78, 5) is 39.0. The molecule has 3 N–H and O–H groups in total. The number of anilines is 1. The van der Waals surface area contributed by atoms with Gasteiger partial charge in [0.05, 0.1) is 11.1 Å². The minimum atomic E-state index is -0.483. The van der Waals surface area contributed by atoms with Crippen LogP contribution in [0.15, 0.2) is 42.5 Å². The molecule has 1 spiro atoms. The fourth-order valence-electron chi connectivity index (χ4n) is 6.24. The van der Waals surface area contributed by atoms with Gasteiger partial charge in [-0.1, -0.05) is 24.3 Å². The number of hydrogen-bond acceptors (Lipinski definition) is 5. The number of rotatable bonds is 5. The largest absolute Gasteiger partial charge is 0.446 e. The third-order valence-corrected chi connectivity index (χ3v) is 8.49. The number of carbonyl (C=O) groups is 3. The second-order valence-electron chi connectivity index (χ2n) is 11.4. The highest BCUT2D eigenvalue weighted by molar-refractivity contribution is 6.06. The highest BCUT2D eigenvalue weighted by atomic mass is 16.6. The predicted octanol–water partition coefficient (Wildman–Crippen LogP) is 5.20. The van der Waals surface area contributed by atoms with Crippen LogP contribution in [0.4, 0.5) is 10.5 Å². The molecule has 0 saturated heterocycles. The number of ether oxygens (including phenoxy) is 1. The van der Waals surface area contributed by atoms with Crippen LogP contribution < -0.4 is 11.1 Å². The van der Waals surface area contributed by atoms with Gasteiger partial charge in [-0.25, -0.2) is 4.79 Å². The van der Waals surface area contributed by atoms with Crippen molar-refractivity contribution in [2.45, 2.75) is 63.5 Å². The van der Waals surface area contributed by atoms with E-state index in [0.29, 0.717) is 17.7 Å². The number of amides is 2. The maximum absolute atomic E-state index is 13.3. The third-order valence-electron chi connectivity index (χ3n) is 8.49. The molecule has 2 aliphatic carbocycles. The van der Waals surface area contributed by atoms with E-state index >= 15 is 0 Å². The molecule has 2 saturated carbocycles. The molecule has 1 aliphatic heterocycles. The van der Waals surface area contributed by atoms with E-state index in [1.54, 1.807) is 20.2 Å². The molecule has 2 fully saturated rings. The molecular formula is C30H34N4O4. The van der Waals surface area contributed by atoms with Gasteiger partial charge in [0.15, 0.2) is 0 Å².